The second-order valence-electron chi connectivity index (χ2n) is 9.28. The van der Waals surface area contributed by atoms with Crippen LogP contribution in [0.5, 0.6) is 0 Å². The first kappa shape index (κ1) is 16.0. The topological polar surface area (TPSA) is 0 Å². The lowest BCUT2D eigenvalue weighted by Crippen LogP contribution is -2.25. The minimum atomic E-state index is 0.820. The molecular weight excluding hydrogens is 275 g/mol. The molecule has 0 aromatic rings. The fourth-order valence-electron chi connectivity index (χ4n) is 6.85. The van der Waals surface area contributed by atoms with Gasteiger partial charge in [-0.25, -0.2) is 0 Å². The van der Waals surface area contributed by atoms with Gasteiger partial charge in [-0.2, -0.15) is 0 Å². The molecule has 23 heavy (non-hydrogen) atoms. The van der Waals surface area contributed by atoms with Crippen LogP contribution in [0.15, 0.2) is 24.3 Å². The summed E-state index contributed by atoms with van der Waals surface area (Å²) in [6, 6.07) is 0. The van der Waals surface area contributed by atoms with Crippen LogP contribution in [0.3, 0.4) is 0 Å². The maximum atomic E-state index is 2.86. The fourth-order valence-corrected chi connectivity index (χ4v) is 6.85. The summed E-state index contributed by atoms with van der Waals surface area (Å²) in [4.78, 5) is 0. The van der Waals surface area contributed by atoms with Crippen LogP contribution in [0, 0.1) is 47.3 Å². The summed E-state index contributed by atoms with van der Waals surface area (Å²) in [6.07, 6.45) is 15.6. The molecule has 0 saturated heterocycles. The molecule has 0 aliphatic heterocycles. The minimum Gasteiger partial charge on any atom is -0.0883 e. The van der Waals surface area contributed by atoms with Crippen LogP contribution >= 0.6 is 0 Å². The number of rotatable bonds is 2. The van der Waals surface area contributed by atoms with Gasteiger partial charge in [0, 0.05) is 0 Å². The highest BCUT2D eigenvalue weighted by molar-refractivity contribution is 6.40. The molecule has 10 atom stereocenters. The first-order valence-electron chi connectivity index (χ1n) is 10.3. The third kappa shape index (κ3) is 2.49. The second kappa shape index (κ2) is 6.12. The van der Waals surface area contributed by atoms with Crippen LogP contribution in [0.1, 0.15) is 53.4 Å². The predicted octanol–water partition coefficient (Wildman–Crippen LogP) is 6.00. The molecule has 0 bridgehead atoms. The van der Waals surface area contributed by atoms with Gasteiger partial charge in [0.05, 0.1) is 0 Å². The monoisotopic (exact) mass is 309 g/mol. The van der Waals surface area contributed by atoms with E-state index >= 15 is 0 Å². The van der Waals surface area contributed by atoms with Gasteiger partial charge in [-0.15, -0.1) is 0 Å². The van der Waals surface area contributed by atoms with Gasteiger partial charge >= 0.3 is 0 Å². The van der Waals surface area contributed by atoms with Gasteiger partial charge < -0.3 is 0 Å². The Hall–Kier alpha value is -0.455. The van der Waals surface area contributed by atoms with E-state index in [0.29, 0.717) is 0 Å². The summed E-state index contributed by atoms with van der Waals surface area (Å²) in [5, 5.41) is 0. The zero-order valence-electron chi connectivity index (χ0n) is 15.5. The molecule has 4 aliphatic carbocycles. The molecule has 2 fully saturated rings. The molecule has 10 unspecified atom stereocenters. The fraction of sp³-hybridized carbons (Fsp3) is 0.818. The van der Waals surface area contributed by atoms with Crippen LogP contribution < -0.4 is 0 Å². The lowest BCUT2D eigenvalue weighted by atomic mass is 9.45. The average Bonchev–Trinajstić information content (AvgIpc) is 2.97. The van der Waals surface area contributed by atoms with E-state index < -0.39 is 0 Å². The Morgan fingerprint density at radius 2 is 1.09 bits per heavy atom. The summed E-state index contributed by atoms with van der Waals surface area (Å²) in [7, 11) is 2.86. The number of fused-ring (bicyclic) bond motifs is 2. The molecule has 1 heteroatoms. The maximum Gasteiger partial charge on any atom is 0.120 e. The van der Waals surface area contributed by atoms with Crippen LogP contribution in [0.25, 0.3) is 0 Å². The first-order valence-corrected chi connectivity index (χ1v) is 10.3. The average molecular weight is 309 g/mol. The molecule has 0 aromatic heterocycles. The van der Waals surface area contributed by atoms with Gasteiger partial charge in [0.15, 0.2) is 0 Å². The normalized spacial score (nSPS) is 54.8. The van der Waals surface area contributed by atoms with Crippen LogP contribution in [-0.2, 0) is 0 Å². The lowest BCUT2D eigenvalue weighted by Gasteiger charge is -2.32. The largest absolute Gasteiger partial charge is 0.120 e. The Labute approximate surface area is 144 Å². The van der Waals surface area contributed by atoms with Gasteiger partial charge in [0.25, 0.3) is 0 Å². The minimum absolute atomic E-state index is 0.820. The van der Waals surface area contributed by atoms with Crippen LogP contribution in [0.2, 0.25) is 11.6 Å². The highest BCUT2D eigenvalue weighted by atomic mass is 14.5. The van der Waals surface area contributed by atoms with Crippen molar-refractivity contribution in [2.24, 2.45) is 47.3 Å². The van der Waals surface area contributed by atoms with Crippen molar-refractivity contribution in [2.45, 2.75) is 65.0 Å². The molecule has 125 valence electrons. The van der Waals surface area contributed by atoms with E-state index in [9.17, 15) is 0 Å². The third-order valence-electron chi connectivity index (χ3n) is 8.60. The van der Waals surface area contributed by atoms with Crippen molar-refractivity contribution < 1.29 is 0 Å². The summed E-state index contributed by atoms with van der Waals surface area (Å²) in [5.74, 6) is 8.73. The zero-order valence-corrected chi connectivity index (χ0v) is 15.5. The van der Waals surface area contributed by atoms with Crippen molar-refractivity contribution in [3.05, 3.63) is 24.3 Å². The molecule has 2 saturated carbocycles. The van der Waals surface area contributed by atoms with Gasteiger partial charge in [0.2, 0.25) is 0 Å². The van der Waals surface area contributed by atoms with Crippen molar-refractivity contribution in [2.75, 3.05) is 0 Å². The molecule has 0 heterocycles. The van der Waals surface area contributed by atoms with Crippen molar-refractivity contribution in [3.8, 4) is 0 Å². The molecule has 1 radical (unpaired) electrons. The highest BCUT2D eigenvalue weighted by Crippen LogP contribution is 2.59. The highest BCUT2D eigenvalue weighted by Gasteiger charge is 2.51. The van der Waals surface area contributed by atoms with E-state index in [2.05, 4.69) is 59.3 Å². The van der Waals surface area contributed by atoms with Crippen molar-refractivity contribution in [1.29, 1.82) is 0 Å². The number of hydrogen-bond donors (Lipinski definition) is 0. The van der Waals surface area contributed by atoms with Crippen molar-refractivity contribution >= 4 is 7.28 Å². The number of hydrogen-bond acceptors (Lipinski definition) is 0. The molecule has 0 nitrogen and oxygen atoms in total. The van der Waals surface area contributed by atoms with E-state index in [1.807, 2.05) is 0 Å². The third-order valence-corrected chi connectivity index (χ3v) is 8.60. The van der Waals surface area contributed by atoms with E-state index in [1.165, 1.54) is 25.7 Å². The Balaban J connectivity index is 1.57. The summed E-state index contributed by atoms with van der Waals surface area (Å²) in [6.45, 7) is 10.1. The van der Waals surface area contributed by atoms with Crippen molar-refractivity contribution in [1.82, 2.24) is 0 Å². The molecule has 4 aliphatic rings. The Morgan fingerprint density at radius 3 is 1.52 bits per heavy atom. The van der Waals surface area contributed by atoms with Crippen molar-refractivity contribution in [3.63, 3.8) is 0 Å². The maximum absolute atomic E-state index is 2.86. The molecule has 4 rings (SSSR count). The summed E-state index contributed by atoms with van der Waals surface area (Å²) >= 11 is 0. The standard InChI is InChI=1S/C22H34B/c1-13-15(3)21(19-11-7-5-9-17(13)19)23-22-16(4)14(2)18-10-6-8-12-20(18)22/h7-8,11-22H,5-6,9-10H2,1-4H3. The number of allylic oxidation sites excluding steroid dienone is 4. The molecule has 0 amide bonds. The Morgan fingerprint density at radius 1 is 0.652 bits per heavy atom. The predicted molar refractivity (Wildman–Crippen MR) is 101 cm³/mol. The second-order valence-corrected chi connectivity index (χ2v) is 9.28. The van der Waals surface area contributed by atoms with E-state index in [4.69, 9.17) is 0 Å². The van der Waals surface area contributed by atoms with E-state index in [-0.39, 0.29) is 0 Å². The smallest absolute Gasteiger partial charge is 0.0883 e. The SMILES string of the molecule is CC1C(C)C2CCC=CC2C1[B]C1C(C)C(C)C2CCC=CC12. The van der Waals surface area contributed by atoms with Crippen LogP contribution in [0.4, 0.5) is 0 Å². The van der Waals surface area contributed by atoms with E-state index in [0.717, 1.165) is 59.0 Å². The summed E-state index contributed by atoms with van der Waals surface area (Å²) in [5.41, 5.74) is 0. The lowest BCUT2D eigenvalue weighted by molar-refractivity contribution is 0.310. The van der Waals surface area contributed by atoms with Gasteiger partial charge in [-0.1, -0.05) is 63.6 Å². The van der Waals surface area contributed by atoms with Crippen LogP contribution in [-0.4, -0.2) is 7.28 Å². The van der Waals surface area contributed by atoms with Gasteiger partial charge in [-0.05, 0) is 73.0 Å². The quantitative estimate of drug-likeness (QED) is 0.433. The summed E-state index contributed by atoms with van der Waals surface area (Å²) < 4.78 is 0. The Bertz CT molecular complexity index is 448. The Kier molecular flexibility index (Phi) is 4.27. The zero-order chi connectivity index (χ0) is 16.1. The molecule has 0 aromatic carbocycles. The van der Waals surface area contributed by atoms with Gasteiger partial charge in [-0.3, -0.25) is 0 Å². The molecular formula is C22H34B. The molecule has 0 N–H and O–H groups in total. The first-order chi connectivity index (χ1) is 11.1. The van der Waals surface area contributed by atoms with E-state index in [1.54, 1.807) is 0 Å². The van der Waals surface area contributed by atoms with Gasteiger partial charge in [0.1, 0.15) is 7.28 Å². The molecule has 0 spiro atoms.